The van der Waals surface area contributed by atoms with Crippen LogP contribution in [0.2, 0.25) is 0 Å². The Kier molecular flexibility index (Phi) is 4.62. The first-order valence-electron chi connectivity index (χ1n) is 7.19. The molecule has 1 saturated carbocycles. The van der Waals surface area contributed by atoms with Crippen molar-refractivity contribution in [1.29, 1.82) is 0 Å². The average Bonchev–Trinajstić information content (AvgIpc) is 2.99. The van der Waals surface area contributed by atoms with Gasteiger partial charge >= 0.3 is 5.97 Å². The molecule has 0 aromatic heterocycles. The largest absolute Gasteiger partial charge is 0.481 e. The van der Waals surface area contributed by atoms with E-state index in [1.807, 2.05) is 0 Å². The van der Waals surface area contributed by atoms with E-state index in [1.54, 1.807) is 0 Å². The number of nitrogens with zero attached hydrogens (tertiary/aromatic N) is 1. The van der Waals surface area contributed by atoms with Crippen LogP contribution in [-0.4, -0.2) is 47.8 Å². The van der Waals surface area contributed by atoms with Crippen molar-refractivity contribution in [2.75, 3.05) is 19.8 Å². The maximum absolute atomic E-state index is 11.3. The lowest BCUT2D eigenvalue weighted by Crippen LogP contribution is -2.48. The van der Waals surface area contributed by atoms with Gasteiger partial charge in [0, 0.05) is 12.1 Å². The predicted molar refractivity (Wildman–Crippen MR) is 69.5 cm³/mol. The van der Waals surface area contributed by atoms with Gasteiger partial charge in [0.15, 0.2) is 0 Å². The van der Waals surface area contributed by atoms with Crippen LogP contribution in [0.1, 0.15) is 39.5 Å². The molecule has 3 atom stereocenters. The highest BCUT2D eigenvalue weighted by molar-refractivity contribution is 5.71. The summed E-state index contributed by atoms with van der Waals surface area (Å²) in [6.07, 6.45) is 4.99. The highest BCUT2D eigenvalue weighted by atomic mass is 16.5. The summed E-state index contributed by atoms with van der Waals surface area (Å²) >= 11 is 0. The summed E-state index contributed by atoms with van der Waals surface area (Å²) in [5.41, 5.74) is 0. The van der Waals surface area contributed by atoms with E-state index in [1.165, 1.54) is 19.3 Å². The van der Waals surface area contributed by atoms with Crippen LogP contribution < -0.4 is 0 Å². The van der Waals surface area contributed by atoms with Crippen LogP contribution in [0.25, 0.3) is 0 Å². The van der Waals surface area contributed by atoms with E-state index in [0.717, 1.165) is 18.9 Å². The average molecular weight is 255 g/mol. The van der Waals surface area contributed by atoms with Crippen molar-refractivity contribution in [2.45, 2.75) is 51.6 Å². The highest BCUT2D eigenvalue weighted by Gasteiger charge is 2.40. The van der Waals surface area contributed by atoms with Crippen LogP contribution in [0.4, 0.5) is 0 Å². The zero-order valence-corrected chi connectivity index (χ0v) is 11.5. The van der Waals surface area contributed by atoms with Crippen molar-refractivity contribution < 1.29 is 14.6 Å². The molecule has 18 heavy (non-hydrogen) atoms. The first kappa shape index (κ1) is 13.8. The minimum absolute atomic E-state index is 0.0659. The van der Waals surface area contributed by atoms with Gasteiger partial charge in [-0.2, -0.15) is 0 Å². The molecule has 1 aliphatic heterocycles. The maximum Gasteiger partial charge on any atom is 0.310 e. The number of carbonyl (C=O) groups is 1. The SMILES string of the molecule is CCCN(C(C)CC1CC1)C1COCC1C(=O)O. The Hall–Kier alpha value is -0.610. The number of carboxylic acid groups (broad SMARTS) is 1. The fourth-order valence-corrected chi connectivity index (χ4v) is 3.05. The van der Waals surface area contributed by atoms with Gasteiger partial charge in [0.1, 0.15) is 0 Å². The molecule has 4 heteroatoms. The third kappa shape index (κ3) is 3.23. The zero-order chi connectivity index (χ0) is 13.1. The molecule has 104 valence electrons. The second-order valence-electron chi connectivity index (χ2n) is 5.82. The van der Waals surface area contributed by atoms with Gasteiger partial charge in [0.25, 0.3) is 0 Å². The van der Waals surface area contributed by atoms with Gasteiger partial charge in [-0.25, -0.2) is 0 Å². The molecule has 0 aromatic carbocycles. The van der Waals surface area contributed by atoms with Crippen molar-refractivity contribution in [3.8, 4) is 0 Å². The number of aliphatic carboxylic acids is 1. The summed E-state index contributed by atoms with van der Waals surface area (Å²) in [5.74, 6) is -0.180. The van der Waals surface area contributed by atoms with Gasteiger partial charge in [-0.1, -0.05) is 19.8 Å². The van der Waals surface area contributed by atoms with E-state index in [0.29, 0.717) is 19.3 Å². The van der Waals surface area contributed by atoms with Gasteiger partial charge in [-0.05, 0) is 32.2 Å². The first-order valence-corrected chi connectivity index (χ1v) is 7.19. The molecule has 1 aliphatic carbocycles. The molecular weight excluding hydrogens is 230 g/mol. The Balaban J connectivity index is 2.00. The van der Waals surface area contributed by atoms with Crippen LogP contribution >= 0.6 is 0 Å². The second kappa shape index (κ2) is 6.02. The summed E-state index contributed by atoms with van der Waals surface area (Å²) in [6.45, 7) is 6.32. The standard InChI is InChI=1S/C14H25NO3/c1-3-6-15(10(2)7-11-4-5-11)13-9-18-8-12(13)14(16)17/h10-13H,3-9H2,1-2H3,(H,16,17). The third-order valence-corrected chi connectivity index (χ3v) is 4.21. The van der Waals surface area contributed by atoms with Crippen molar-refractivity contribution in [3.05, 3.63) is 0 Å². The fourth-order valence-electron chi connectivity index (χ4n) is 3.05. The Bertz CT molecular complexity index is 291. The number of hydrogen-bond acceptors (Lipinski definition) is 3. The molecule has 2 fully saturated rings. The molecular formula is C14H25NO3. The second-order valence-corrected chi connectivity index (χ2v) is 5.82. The summed E-state index contributed by atoms with van der Waals surface area (Å²) in [7, 11) is 0. The van der Waals surface area contributed by atoms with Gasteiger partial charge in [0.05, 0.1) is 19.1 Å². The van der Waals surface area contributed by atoms with Crippen LogP contribution in [0, 0.1) is 11.8 Å². The molecule has 4 nitrogen and oxygen atoms in total. The van der Waals surface area contributed by atoms with E-state index in [-0.39, 0.29) is 12.0 Å². The first-order chi connectivity index (χ1) is 8.63. The molecule has 0 amide bonds. The van der Waals surface area contributed by atoms with E-state index < -0.39 is 5.97 Å². The van der Waals surface area contributed by atoms with Crippen molar-refractivity contribution in [2.24, 2.45) is 11.8 Å². The Morgan fingerprint density at radius 1 is 1.44 bits per heavy atom. The monoisotopic (exact) mass is 255 g/mol. The quantitative estimate of drug-likeness (QED) is 0.756. The summed E-state index contributed by atoms with van der Waals surface area (Å²) < 4.78 is 5.41. The Morgan fingerprint density at radius 3 is 2.72 bits per heavy atom. The lowest BCUT2D eigenvalue weighted by Gasteiger charge is -2.35. The molecule has 0 spiro atoms. The Morgan fingerprint density at radius 2 is 2.17 bits per heavy atom. The van der Waals surface area contributed by atoms with Gasteiger partial charge in [0.2, 0.25) is 0 Å². The molecule has 1 N–H and O–H groups in total. The molecule has 1 heterocycles. The normalized spacial score (nSPS) is 29.7. The van der Waals surface area contributed by atoms with Crippen LogP contribution in [0.5, 0.6) is 0 Å². The van der Waals surface area contributed by atoms with Crippen molar-refractivity contribution >= 4 is 5.97 Å². The Labute approximate surface area is 109 Å². The number of carboxylic acids is 1. The molecule has 0 aromatic rings. The van der Waals surface area contributed by atoms with Crippen LogP contribution in [0.15, 0.2) is 0 Å². The van der Waals surface area contributed by atoms with E-state index >= 15 is 0 Å². The van der Waals surface area contributed by atoms with E-state index in [2.05, 4.69) is 18.7 Å². The van der Waals surface area contributed by atoms with E-state index in [9.17, 15) is 9.90 Å². The number of ether oxygens (including phenoxy) is 1. The lowest BCUT2D eigenvalue weighted by atomic mass is 9.99. The topological polar surface area (TPSA) is 49.8 Å². The van der Waals surface area contributed by atoms with Crippen molar-refractivity contribution in [1.82, 2.24) is 4.90 Å². The van der Waals surface area contributed by atoms with Gasteiger partial charge in [-0.3, -0.25) is 9.69 Å². The van der Waals surface area contributed by atoms with Crippen molar-refractivity contribution in [3.63, 3.8) is 0 Å². The molecule has 0 bridgehead atoms. The van der Waals surface area contributed by atoms with E-state index in [4.69, 9.17) is 4.74 Å². The third-order valence-electron chi connectivity index (χ3n) is 4.21. The molecule has 1 saturated heterocycles. The fraction of sp³-hybridized carbons (Fsp3) is 0.929. The van der Waals surface area contributed by atoms with Gasteiger partial charge in [-0.15, -0.1) is 0 Å². The molecule has 2 aliphatic rings. The lowest BCUT2D eigenvalue weighted by molar-refractivity contribution is -0.143. The number of rotatable bonds is 7. The summed E-state index contributed by atoms with van der Waals surface area (Å²) in [4.78, 5) is 13.7. The smallest absolute Gasteiger partial charge is 0.310 e. The predicted octanol–water partition coefficient (Wildman–Crippen LogP) is 1.99. The van der Waals surface area contributed by atoms with Crippen LogP contribution in [-0.2, 0) is 9.53 Å². The highest BCUT2D eigenvalue weighted by Crippen LogP contribution is 2.35. The molecule has 0 radical (unpaired) electrons. The summed E-state index contributed by atoms with van der Waals surface area (Å²) in [6, 6.07) is 0.544. The number of hydrogen-bond donors (Lipinski definition) is 1. The minimum atomic E-state index is -0.711. The molecule has 2 rings (SSSR count). The molecule has 3 unspecified atom stereocenters. The summed E-state index contributed by atoms with van der Waals surface area (Å²) in [5, 5.41) is 9.27. The van der Waals surface area contributed by atoms with Gasteiger partial charge < -0.3 is 9.84 Å². The zero-order valence-electron chi connectivity index (χ0n) is 11.5. The maximum atomic E-state index is 11.3. The van der Waals surface area contributed by atoms with Crippen LogP contribution in [0.3, 0.4) is 0 Å². The minimum Gasteiger partial charge on any atom is -0.481 e.